The molecule has 1 N–H and O–H groups in total. The van der Waals surface area contributed by atoms with Crippen LogP contribution in [0.25, 0.3) is 0 Å². The van der Waals surface area contributed by atoms with Crippen molar-refractivity contribution in [3.63, 3.8) is 0 Å². The molecule has 4 heteroatoms. The summed E-state index contributed by atoms with van der Waals surface area (Å²) < 4.78 is 5.28. The van der Waals surface area contributed by atoms with Crippen molar-refractivity contribution in [1.82, 2.24) is 5.32 Å². The number of carbonyl (C=O) groups excluding carboxylic acids is 1. The van der Waals surface area contributed by atoms with E-state index in [2.05, 4.69) is 11.4 Å². The van der Waals surface area contributed by atoms with Crippen LogP contribution in [0, 0.1) is 0 Å². The number of methoxy groups -OCH3 is 1. The van der Waals surface area contributed by atoms with Gasteiger partial charge in [0.15, 0.2) is 0 Å². The number of hydrogen-bond donors (Lipinski definition) is 1. The maximum absolute atomic E-state index is 12.6. The number of fused-ring (bicyclic) bond motifs is 1. The SMILES string of the molecule is COc1ccc2c(c1)CCCN2C(=O)NC1CCCCC1. The van der Waals surface area contributed by atoms with E-state index in [1.807, 2.05) is 17.0 Å². The lowest BCUT2D eigenvalue weighted by Gasteiger charge is -2.32. The van der Waals surface area contributed by atoms with Gasteiger partial charge in [-0.25, -0.2) is 4.79 Å². The van der Waals surface area contributed by atoms with Gasteiger partial charge in [0.1, 0.15) is 5.75 Å². The minimum atomic E-state index is 0.0630. The van der Waals surface area contributed by atoms with Crippen LogP contribution in [0.5, 0.6) is 5.75 Å². The first-order valence-electron chi connectivity index (χ1n) is 8.03. The van der Waals surface area contributed by atoms with Gasteiger partial charge in [0.05, 0.1) is 7.11 Å². The van der Waals surface area contributed by atoms with Gasteiger partial charge in [-0.05, 0) is 49.4 Å². The van der Waals surface area contributed by atoms with Crippen LogP contribution in [-0.4, -0.2) is 25.7 Å². The third kappa shape index (κ3) is 3.14. The predicted molar refractivity (Wildman–Crippen MR) is 84.1 cm³/mol. The Morgan fingerprint density at radius 2 is 2.05 bits per heavy atom. The fraction of sp³-hybridized carbons (Fsp3) is 0.588. The molecule has 0 bridgehead atoms. The highest BCUT2D eigenvalue weighted by Crippen LogP contribution is 2.30. The number of benzene rings is 1. The minimum Gasteiger partial charge on any atom is -0.497 e. The molecule has 1 aromatic rings. The molecule has 1 aliphatic heterocycles. The molecule has 1 saturated carbocycles. The second-order valence-corrected chi connectivity index (χ2v) is 6.03. The summed E-state index contributed by atoms with van der Waals surface area (Å²) in [6, 6.07) is 6.41. The van der Waals surface area contributed by atoms with E-state index in [1.54, 1.807) is 7.11 Å². The molecular weight excluding hydrogens is 264 g/mol. The zero-order valence-corrected chi connectivity index (χ0v) is 12.7. The number of nitrogens with one attached hydrogen (secondary N) is 1. The van der Waals surface area contributed by atoms with Crippen molar-refractivity contribution in [1.29, 1.82) is 0 Å². The number of urea groups is 1. The summed E-state index contributed by atoms with van der Waals surface area (Å²) in [5, 5.41) is 3.21. The summed E-state index contributed by atoms with van der Waals surface area (Å²) in [5.74, 6) is 0.864. The monoisotopic (exact) mass is 288 g/mol. The highest BCUT2D eigenvalue weighted by Gasteiger charge is 2.25. The minimum absolute atomic E-state index is 0.0630. The van der Waals surface area contributed by atoms with Crippen LogP contribution >= 0.6 is 0 Å². The summed E-state index contributed by atoms with van der Waals surface area (Å²) in [6.07, 6.45) is 8.04. The normalized spacial score (nSPS) is 19.0. The van der Waals surface area contributed by atoms with E-state index in [9.17, 15) is 4.79 Å². The van der Waals surface area contributed by atoms with Crippen LogP contribution in [0.2, 0.25) is 0 Å². The van der Waals surface area contributed by atoms with Gasteiger partial charge in [-0.3, -0.25) is 4.90 Å². The molecule has 0 radical (unpaired) electrons. The van der Waals surface area contributed by atoms with Crippen LogP contribution < -0.4 is 15.0 Å². The van der Waals surface area contributed by atoms with Gasteiger partial charge < -0.3 is 10.1 Å². The zero-order valence-electron chi connectivity index (χ0n) is 12.7. The van der Waals surface area contributed by atoms with Gasteiger partial charge in [0.25, 0.3) is 0 Å². The first kappa shape index (κ1) is 14.2. The van der Waals surface area contributed by atoms with E-state index in [0.717, 1.165) is 43.7 Å². The van der Waals surface area contributed by atoms with Crippen molar-refractivity contribution in [3.05, 3.63) is 23.8 Å². The van der Waals surface area contributed by atoms with Crippen LogP contribution in [0.1, 0.15) is 44.1 Å². The molecule has 2 amide bonds. The fourth-order valence-corrected chi connectivity index (χ4v) is 3.41. The summed E-state index contributed by atoms with van der Waals surface area (Å²) in [6.45, 7) is 0.803. The lowest BCUT2D eigenvalue weighted by atomic mass is 9.95. The number of anilines is 1. The molecule has 1 fully saturated rings. The molecule has 1 aromatic carbocycles. The summed E-state index contributed by atoms with van der Waals surface area (Å²) in [4.78, 5) is 14.5. The van der Waals surface area contributed by atoms with E-state index >= 15 is 0 Å². The van der Waals surface area contributed by atoms with Gasteiger partial charge in [-0.1, -0.05) is 19.3 Å². The largest absolute Gasteiger partial charge is 0.497 e. The number of rotatable bonds is 2. The van der Waals surface area contributed by atoms with E-state index in [4.69, 9.17) is 4.74 Å². The molecule has 0 unspecified atom stereocenters. The highest BCUT2D eigenvalue weighted by atomic mass is 16.5. The number of amides is 2. The molecule has 2 aliphatic rings. The van der Waals surface area contributed by atoms with Crippen molar-refractivity contribution in [2.75, 3.05) is 18.6 Å². The maximum Gasteiger partial charge on any atom is 0.322 e. The lowest BCUT2D eigenvalue weighted by molar-refractivity contribution is 0.237. The standard InChI is InChI=1S/C17H24N2O2/c1-21-15-9-10-16-13(12-15)6-5-11-19(16)17(20)18-14-7-3-2-4-8-14/h9-10,12,14H,2-8,11H2,1H3,(H,18,20). The average Bonchev–Trinajstić information content (AvgIpc) is 2.54. The molecular formula is C17H24N2O2. The van der Waals surface area contributed by atoms with Crippen molar-refractivity contribution < 1.29 is 9.53 Å². The van der Waals surface area contributed by atoms with Crippen LogP contribution in [0.4, 0.5) is 10.5 Å². The number of aryl methyl sites for hydroxylation is 1. The Morgan fingerprint density at radius 3 is 2.81 bits per heavy atom. The molecule has 0 spiro atoms. The summed E-state index contributed by atoms with van der Waals surface area (Å²) >= 11 is 0. The fourth-order valence-electron chi connectivity index (χ4n) is 3.41. The van der Waals surface area contributed by atoms with Crippen LogP contribution in [0.15, 0.2) is 18.2 Å². The second kappa shape index (κ2) is 6.37. The topological polar surface area (TPSA) is 41.6 Å². The summed E-state index contributed by atoms with van der Waals surface area (Å²) in [7, 11) is 1.68. The van der Waals surface area contributed by atoms with Gasteiger partial charge in [0.2, 0.25) is 0 Å². The van der Waals surface area contributed by atoms with Crippen LogP contribution in [0.3, 0.4) is 0 Å². The molecule has 0 saturated heterocycles. The Hall–Kier alpha value is -1.71. The van der Waals surface area contributed by atoms with E-state index in [-0.39, 0.29) is 6.03 Å². The molecule has 21 heavy (non-hydrogen) atoms. The second-order valence-electron chi connectivity index (χ2n) is 6.03. The average molecular weight is 288 g/mol. The van der Waals surface area contributed by atoms with Crippen LogP contribution in [-0.2, 0) is 6.42 Å². The molecule has 0 aromatic heterocycles. The van der Waals surface area contributed by atoms with Crippen molar-refractivity contribution in [2.45, 2.75) is 51.0 Å². The Morgan fingerprint density at radius 1 is 1.24 bits per heavy atom. The Bertz CT molecular complexity index is 510. The third-order valence-corrected chi connectivity index (χ3v) is 4.58. The highest BCUT2D eigenvalue weighted by molar-refractivity contribution is 5.93. The number of ether oxygens (including phenoxy) is 1. The van der Waals surface area contributed by atoms with E-state index in [0.29, 0.717) is 6.04 Å². The number of hydrogen-bond acceptors (Lipinski definition) is 2. The molecule has 4 nitrogen and oxygen atoms in total. The first-order valence-corrected chi connectivity index (χ1v) is 8.03. The smallest absolute Gasteiger partial charge is 0.322 e. The zero-order chi connectivity index (χ0) is 14.7. The Labute approximate surface area is 126 Å². The van der Waals surface area contributed by atoms with E-state index in [1.165, 1.54) is 24.8 Å². The van der Waals surface area contributed by atoms with Gasteiger partial charge in [-0.15, -0.1) is 0 Å². The predicted octanol–water partition coefficient (Wildman–Crippen LogP) is 3.49. The summed E-state index contributed by atoms with van der Waals surface area (Å²) in [5.41, 5.74) is 2.25. The van der Waals surface area contributed by atoms with Gasteiger partial charge in [-0.2, -0.15) is 0 Å². The lowest BCUT2D eigenvalue weighted by Crippen LogP contribution is -2.47. The Kier molecular flexibility index (Phi) is 4.32. The van der Waals surface area contributed by atoms with E-state index < -0.39 is 0 Å². The van der Waals surface area contributed by atoms with Crippen molar-refractivity contribution in [3.8, 4) is 5.75 Å². The third-order valence-electron chi connectivity index (χ3n) is 4.58. The molecule has 114 valence electrons. The van der Waals surface area contributed by atoms with Gasteiger partial charge >= 0.3 is 6.03 Å². The van der Waals surface area contributed by atoms with Gasteiger partial charge in [0, 0.05) is 18.3 Å². The molecule has 3 rings (SSSR count). The quantitative estimate of drug-likeness (QED) is 0.905. The molecule has 1 aliphatic carbocycles. The number of carbonyl (C=O) groups is 1. The maximum atomic E-state index is 12.6. The molecule has 1 heterocycles. The Balaban J connectivity index is 1.73. The molecule has 0 atom stereocenters. The van der Waals surface area contributed by atoms with Crippen molar-refractivity contribution >= 4 is 11.7 Å². The number of nitrogens with zero attached hydrogens (tertiary/aromatic N) is 1. The van der Waals surface area contributed by atoms with Crippen molar-refractivity contribution in [2.24, 2.45) is 0 Å². The first-order chi connectivity index (χ1) is 10.3.